The summed E-state index contributed by atoms with van der Waals surface area (Å²) in [4.78, 5) is 15.6. The number of fused-ring (bicyclic) bond motifs is 1. The Morgan fingerprint density at radius 1 is 1.21 bits per heavy atom. The van der Waals surface area contributed by atoms with E-state index >= 15 is 0 Å². The van der Waals surface area contributed by atoms with Gasteiger partial charge in [-0.2, -0.15) is 0 Å². The Bertz CT molecular complexity index is 987. The lowest BCUT2D eigenvalue weighted by atomic mass is 9.95. The maximum absolute atomic E-state index is 11.1. The molecule has 0 spiro atoms. The van der Waals surface area contributed by atoms with E-state index in [1.54, 1.807) is 0 Å². The molecule has 1 atom stereocenters. The van der Waals surface area contributed by atoms with Gasteiger partial charge in [-0.15, -0.1) is 0 Å². The second-order valence-corrected chi connectivity index (χ2v) is 7.66. The highest BCUT2D eigenvalue weighted by molar-refractivity contribution is 5.79. The van der Waals surface area contributed by atoms with Crippen LogP contribution in [0.5, 0.6) is 5.75 Å². The second kappa shape index (κ2) is 9.41. The summed E-state index contributed by atoms with van der Waals surface area (Å²) in [7, 11) is 0. The van der Waals surface area contributed by atoms with Crippen LogP contribution in [0.1, 0.15) is 44.2 Å². The number of nitrogens with zero attached hydrogens (tertiary/aromatic N) is 2. The lowest BCUT2D eigenvalue weighted by molar-refractivity contribution is -0.137. The van der Waals surface area contributed by atoms with Crippen molar-refractivity contribution in [3.63, 3.8) is 0 Å². The summed E-state index contributed by atoms with van der Waals surface area (Å²) >= 11 is 0. The molecule has 0 unspecified atom stereocenters. The molecule has 0 radical (unpaired) electrons. The monoisotopic (exact) mass is 392 g/mol. The first-order chi connectivity index (χ1) is 14.0. The minimum Gasteiger partial charge on any atom is -0.489 e. The molecule has 2 aromatic heterocycles. The van der Waals surface area contributed by atoms with E-state index in [0.717, 1.165) is 34.5 Å². The maximum Gasteiger partial charge on any atom is 0.304 e. The topological polar surface area (TPSA) is 64.3 Å². The van der Waals surface area contributed by atoms with Crippen LogP contribution >= 0.6 is 0 Å². The molecule has 0 aliphatic carbocycles. The summed E-state index contributed by atoms with van der Waals surface area (Å²) in [5, 5.41) is 10.2. The van der Waals surface area contributed by atoms with Gasteiger partial charge in [0, 0.05) is 35.8 Å². The van der Waals surface area contributed by atoms with Crippen molar-refractivity contribution in [1.29, 1.82) is 0 Å². The van der Waals surface area contributed by atoms with Crippen molar-refractivity contribution in [2.75, 3.05) is 0 Å². The number of hydrogen-bond acceptors (Lipinski definition) is 3. The SMILES string of the molecule is CC=C[C@H](CC(=O)O)c1ccc(OCc2ccnc3c2ccn3CC(C)C)cc1. The van der Waals surface area contributed by atoms with Gasteiger partial charge in [0.1, 0.15) is 18.0 Å². The zero-order chi connectivity index (χ0) is 20.8. The van der Waals surface area contributed by atoms with Gasteiger partial charge in [-0.05, 0) is 42.7 Å². The Balaban J connectivity index is 1.72. The smallest absolute Gasteiger partial charge is 0.304 e. The zero-order valence-corrected chi connectivity index (χ0v) is 17.2. The fourth-order valence-corrected chi connectivity index (χ4v) is 3.50. The molecule has 3 rings (SSSR count). The van der Waals surface area contributed by atoms with Crippen LogP contribution in [0, 0.1) is 5.92 Å². The lowest BCUT2D eigenvalue weighted by Crippen LogP contribution is -2.05. The quantitative estimate of drug-likeness (QED) is 0.495. The molecule has 0 aliphatic rings. The number of rotatable bonds is 9. The Morgan fingerprint density at radius 2 is 1.97 bits per heavy atom. The molecule has 29 heavy (non-hydrogen) atoms. The van der Waals surface area contributed by atoms with Gasteiger partial charge in [0.05, 0.1) is 6.42 Å². The summed E-state index contributed by atoms with van der Waals surface area (Å²) in [6.45, 7) is 7.68. The molecule has 152 valence electrons. The number of hydrogen-bond donors (Lipinski definition) is 1. The second-order valence-electron chi connectivity index (χ2n) is 7.66. The fraction of sp³-hybridized carbons (Fsp3) is 0.333. The number of carboxylic acid groups (broad SMARTS) is 1. The first-order valence-corrected chi connectivity index (χ1v) is 9.98. The van der Waals surface area contributed by atoms with Gasteiger partial charge in [-0.3, -0.25) is 4.79 Å². The van der Waals surface area contributed by atoms with Crippen molar-refractivity contribution in [3.8, 4) is 5.75 Å². The number of ether oxygens (including phenoxy) is 1. The van der Waals surface area contributed by atoms with Crippen molar-refractivity contribution >= 4 is 17.0 Å². The first kappa shape index (κ1) is 20.6. The minimum absolute atomic E-state index is 0.0763. The normalized spacial score (nSPS) is 12.7. The molecule has 1 N–H and O–H groups in total. The number of carbonyl (C=O) groups is 1. The van der Waals surface area contributed by atoms with Crippen LogP contribution in [0.2, 0.25) is 0 Å². The average Bonchev–Trinajstić information content (AvgIpc) is 3.09. The van der Waals surface area contributed by atoms with Crippen molar-refractivity contribution in [2.45, 2.75) is 46.3 Å². The van der Waals surface area contributed by atoms with Gasteiger partial charge in [0.25, 0.3) is 0 Å². The van der Waals surface area contributed by atoms with Gasteiger partial charge in [-0.1, -0.05) is 38.1 Å². The third kappa shape index (κ3) is 5.25. The minimum atomic E-state index is -0.806. The summed E-state index contributed by atoms with van der Waals surface area (Å²) in [6.07, 6.45) is 7.79. The molecular weight excluding hydrogens is 364 g/mol. The molecule has 5 heteroatoms. The predicted octanol–water partition coefficient (Wildman–Crippen LogP) is 5.41. The van der Waals surface area contributed by atoms with E-state index in [9.17, 15) is 4.79 Å². The van der Waals surface area contributed by atoms with Crippen molar-refractivity contribution < 1.29 is 14.6 Å². The van der Waals surface area contributed by atoms with E-state index in [0.29, 0.717) is 12.5 Å². The van der Waals surface area contributed by atoms with Gasteiger partial charge in [-0.25, -0.2) is 4.98 Å². The molecule has 2 heterocycles. The van der Waals surface area contributed by atoms with E-state index in [2.05, 4.69) is 35.7 Å². The van der Waals surface area contributed by atoms with Crippen molar-refractivity contribution in [2.24, 2.45) is 5.92 Å². The first-order valence-electron chi connectivity index (χ1n) is 9.98. The Hall–Kier alpha value is -3.08. The van der Waals surface area contributed by atoms with Crippen molar-refractivity contribution in [1.82, 2.24) is 9.55 Å². The highest BCUT2D eigenvalue weighted by Gasteiger charge is 2.13. The van der Waals surface area contributed by atoms with Crippen LogP contribution in [-0.2, 0) is 17.9 Å². The molecule has 5 nitrogen and oxygen atoms in total. The third-order valence-electron chi connectivity index (χ3n) is 4.84. The van der Waals surface area contributed by atoms with Crippen LogP contribution in [0.15, 0.2) is 60.9 Å². The van der Waals surface area contributed by atoms with E-state index in [4.69, 9.17) is 9.84 Å². The fourth-order valence-electron chi connectivity index (χ4n) is 3.50. The molecule has 3 aromatic rings. The molecule has 0 fully saturated rings. The van der Waals surface area contributed by atoms with Gasteiger partial charge < -0.3 is 14.4 Å². The standard InChI is InChI=1S/C24H28N2O3/c1-4-5-19(14-23(27)28)18-6-8-21(9-7-18)29-16-20-10-12-25-24-22(20)11-13-26(24)15-17(2)3/h4-13,17,19H,14-16H2,1-3H3,(H,27,28)/t19-/m1/s1. The van der Waals surface area contributed by atoms with Crippen LogP contribution < -0.4 is 4.74 Å². The van der Waals surface area contributed by atoms with E-state index < -0.39 is 5.97 Å². The number of aromatic nitrogens is 2. The number of allylic oxidation sites excluding steroid dienone is 2. The van der Waals surface area contributed by atoms with Gasteiger partial charge in [0.15, 0.2) is 0 Å². The third-order valence-corrected chi connectivity index (χ3v) is 4.84. The van der Waals surface area contributed by atoms with E-state index in [-0.39, 0.29) is 12.3 Å². The predicted molar refractivity (Wildman–Crippen MR) is 115 cm³/mol. The Labute approximate surface area is 171 Å². The van der Waals surface area contributed by atoms with E-state index in [1.807, 2.05) is 55.6 Å². The summed E-state index contributed by atoms with van der Waals surface area (Å²) < 4.78 is 8.18. The number of benzene rings is 1. The molecule has 0 amide bonds. The highest BCUT2D eigenvalue weighted by Crippen LogP contribution is 2.25. The molecule has 0 aliphatic heterocycles. The number of carboxylic acids is 1. The zero-order valence-electron chi connectivity index (χ0n) is 17.2. The number of pyridine rings is 1. The summed E-state index contributed by atoms with van der Waals surface area (Å²) in [5.74, 6) is 0.375. The van der Waals surface area contributed by atoms with Gasteiger partial charge >= 0.3 is 5.97 Å². The molecule has 0 bridgehead atoms. The molecule has 0 saturated heterocycles. The number of aliphatic carboxylic acids is 1. The summed E-state index contributed by atoms with van der Waals surface area (Å²) in [6, 6.07) is 11.8. The van der Waals surface area contributed by atoms with Crippen LogP contribution in [-0.4, -0.2) is 20.6 Å². The lowest BCUT2D eigenvalue weighted by Gasteiger charge is -2.13. The van der Waals surface area contributed by atoms with Crippen LogP contribution in [0.3, 0.4) is 0 Å². The molecular formula is C24H28N2O3. The van der Waals surface area contributed by atoms with Gasteiger partial charge in [0.2, 0.25) is 0 Å². The maximum atomic E-state index is 11.1. The van der Waals surface area contributed by atoms with Crippen molar-refractivity contribution in [3.05, 3.63) is 72.1 Å². The molecule has 0 saturated carbocycles. The van der Waals surface area contributed by atoms with E-state index in [1.165, 1.54) is 0 Å². The molecule has 1 aromatic carbocycles. The highest BCUT2D eigenvalue weighted by atomic mass is 16.5. The average molecular weight is 392 g/mol. The van der Waals surface area contributed by atoms with Crippen LogP contribution in [0.4, 0.5) is 0 Å². The van der Waals surface area contributed by atoms with Crippen LogP contribution in [0.25, 0.3) is 11.0 Å². The largest absolute Gasteiger partial charge is 0.489 e. The Morgan fingerprint density at radius 3 is 2.62 bits per heavy atom. The summed E-state index contributed by atoms with van der Waals surface area (Å²) in [5.41, 5.74) is 3.05. The Kier molecular flexibility index (Phi) is 6.70.